The molecule has 0 saturated carbocycles. The molecule has 1 fully saturated rings. The molecule has 1 aromatic rings. The van der Waals surface area contributed by atoms with E-state index in [0.717, 1.165) is 19.4 Å². The van der Waals surface area contributed by atoms with E-state index in [1.807, 2.05) is 17.0 Å². The summed E-state index contributed by atoms with van der Waals surface area (Å²) in [7, 11) is 0. The van der Waals surface area contributed by atoms with Crippen molar-refractivity contribution < 1.29 is 4.79 Å². The number of piperidine rings is 1. The molecule has 1 amide bonds. The van der Waals surface area contributed by atoms with E-state index < -0.39 is 0 Å². The fourth-order valence-corrected chi connectivity index (χ4v) is 2.50. The summed E-state index contributed by atoms with van der Waals surface area (Å²) in [6, 6.07) is 5.56. The Morgan fingerprint density at radius 2 is 2.41 bits per heavy atom. The Labute approximate surface area is 102 Å². The van der Waals surface area contributed by atoms with Gasteiger partial charge in [0.15, 0.2) is 0 Å². The van der Waals surface area contributed by atoms with E-state index in [1.54, 1.807) is 12.3 Å². The van der Waals surface area contributed by atoms with Gasteiger partial charge >= 0.3 is 0 Å². The standard InChI is InChI=1S/C13H19N3O/c1-10-5-4-8-16(12(10)9-14)13(17)11-6-2-3-7-15-11/h2-3,6-7,10,12H,4-5,8-9,14H2,1H3/t10-,12-/m1/s1. The molecule has 4 nitrogen and oxygen atoms in total. The maximum atomic E-state index is 12.3. The van der Waals surface area contributed by atoms with Crippen LogP contribution in [0.4, 0.5) is 0 Å². The van der Waals surface area contributed by atoms with Crippen LogP contribution in [-0.2, 0) is 0 Å². The van der Waals surface area contributed by atoms with Crippen molar-refractivity contribution in [1.82, 2.24) is 9.88 Å². The highest BCUT2D eigenvalue weighted by Crippen LogP contribution is 2.23. The smallest absolute Gasteiger partial charge is 0.272 e. The zero-order valence-electron chi connectivity index (χ0n) is 10.2. The van der Waals surface area contributed by atoms with Gasteiger partial charge in [-0.1, -0.05) is 13.0 Å². The Balaban J connectivity index is 2.18. The van der Waals surface area contributed by atoms with Crippen LogP contribution in [0.5, 0.6) is 0 Å². The molecular weight excluding hydrogens is 214 g/mol. The van der Waals surface area contributed by atoms with Gasteiger partial charge in [-0.15, -0.1) is 0 Å². The average molecular weight is 233 g/mol. The number of amides is 1. The SMILES string of the molecule is C[C@@H]1CCCN(C(=O)c2ccccn2)[C@@H]1CN. The molecule has 0 unspecified atom stereocenters. The normalized spacial score (nSPS) is 24.7. The predicted octanol–water partition coefficient (Wildman–Crippen LogP) is 1.28. The van der Waals surface area contributed by atoms with Crippen molar-refractivity contribution in [1.29, 1.82) is 0 Å². The van der Waals surface area contributed by atoms with Crippen molar-refractivity contribution >= 4 is 5.91 Å². The number of carbonyl (C=O) groups is 1. The van der Waals surface area contributed by atoms with Gasteiger partial charge < -0.3 is 10.6 Å². The molecule has 1 aliphatic rings. The maximum Gasteiger partial charge on any atom is 0.272 e. The first-order valence-electron chi connectivity index (χ1n) is 6.16. The second kappa shape index (κ2) is 5.27. The summed E-state index contributed by atoms with van der Waals surface area (Å²) in [5.41, 5.74) is 6.30. The second-order valence-electron chi connectivity index (χ2n) is 4.64. The van der Waals surface area contributed by atoms with E-state index in [-0.39, 0.29) is 11.9 Å². The van der Waals surface area contributed by atoms with Gasteiger partial charge in [0, 0.05) is 25.3 Å². The van der Waals surface area contributed by atoms with Gasteiger partial charge in [0.05, 0.1) is 0 Å². The summed E-state index contributed by atoms with van der Waals surface area (Å²) in [6.45, 7) is 3.48. The third-order valence-corrected chi connectivity index (χ3v) is 3.50. The van der Waals surface area contributed by atoms with Gasteiger partial charge in [0.2, 0.25) is 0 Å². The van der Waals surface area contributed by atoms with Crippen LogP contribution in [0.2, 0.25) is 0 Å². The minimum absolute atomic E-state index is 0.00704. The van der Waals surface area contributed by atoms with Gasteiger partial charge in [0.1, 0.15) is 5.69 Å². The number of hydrogen-bond acceptors (Lipinski definition) is 3. The monoisotopic (exact) mass is 233 g/mol. The van der Waals surface area contributed by atoms with Crippen molar-refractivity contribution in [3.8, 4) is 0 Å². The predicted molar refractivity (Wildman–Crippen MR) is 66.5 cm³/mol. The molecule has 2 rings (SSSR count). The highest BCUT2D eigenvalue weighted by molar-refractivity contribution is 5.92. The van der Waals surface area contributed by atoms with Gasteiger partial charge in [-0.05, 0) is 30.9 Å². The fraction of sp³-hybridized carbons (Fsp3) is 0.538. The molecule has 0 aliphatic carbocycles. The highest BCUT2D eigenvalue weighted by atomic mass is 16.2. The molecule has 0 aromatic carbocycles. The lowest BCUT2D eigenvalue weighted by molar-refractivity contribution is 0.0526. The Hall–Kier alpha value is -1.42. The summed E-state index contributed by atoms with van der Waals surface area (Å²) in [5.74, 6) is 0.481. The molecule has 2 atom stereocenters. The van der Waals surface area contributed by atoms with E-state index in [9.17, 15) is 4.79 Å². The maximum absolute atomic E-state index is 12.3. The summed E-state index contributed by atoms with van der Waals surface area (Å²) >= 11 is 0. The van der Waals surface area contributed by atoms with E-state index in [1.165, 1.54) is 0 Å². The number of pyridine rings is 1. The Kier molecular flexibility index (Phi) is 3.74. The molecule has 1 aliphatic heterocycles. The van der Waals surface area contributed by atoms with Gasteiger partial charge in [-0.25, -0.2) is 0 Å². The van der Waals surface area contributed by atoms with Crippen LogP contribution in [0.15, 0.2) is 24.4 Å². The van der Waals surface area contributed by atoms with Gasteiger partial charge in [-0.3, -0.25) is 9.78 Å². The third kappa shape index (κ3) is 2.47. The minimum Gasteiger partial charge on any atom is -0.333 e. The van der Waals surface area contributed by atoms with Crippen LogP contribution in [0.25, 0.3) is 0 Å². The first-order valence-corrected chi connectivity index (χ1v) is 6.16. The number of rotatable bonds is 2. The largest absolute Gasteiger partial charge is 0.333 e. The molecule has 1 saturated heterocycles. The van der Waals surface area contributed by atoms with Crippen LogP contribution in [0.3, 0.4) is 0 Å². The van der Waals surface area contributed by atoms with Crippen molar-refractivity contribution in [2.75, 3.05) is 13.1 Å². The number of likely N-dealkylation sites (tertiary alicyclic amines) is 1. The number of aromatic nitrogens is 1. The van der Waals surface area contributed by atoms with Crippen LogP contribution in [0, 0.1) is 5.92 Å². The highest BCUT2D eigenvalue weighted by Gasteiger charge is 2.31. The number of hydrogen-bond donors (Lipinski definition) is 1. The fourth-order valence-electron chi connectivity index (χ4n) is 2.50. The molecule has 0 bridgehead atoms. The summed E-state index contributed by atoms with van der Waals surface area (Å²) in [4.78, 5) is 18.3. The first kappa shape index (κ1) is 12.0. The van der Waals surface area contributed by atoms with Crippen LogP contribution >= 0.6 is 0 Å². The van der Waals surface area contributed by atoms with E-state index >= 15 is 0 Å². The molecule has 4 heteroatoms. The number of carbonyl (C=O) groups excluding carboxylic acids is 1. The molecule has 2 heterocycles. The topological polar surface area (TPSA) is 59.2 Å². The first-order chi connectivity index (χ1) is 8.24. The van der Waals surface area contributed by atoms with Crippen molar-refractivity contribution in [2.24, 2.45) is 11.7 Å². The van der Waals surface area contributed by atoms with Crippen molar-refractivity contribution in [3.63, 3.8) is 0 Å². The van der Waals surface area contributed by atoms with Crippen molar-refractivity contribution in [3.05, 3.63) is 30.1 Å². The molecule has 92 valence electrons. The van der Waals surface area contributed by atoms with E-state index in [4.69, 9.17) is 5.73 Å². The Morgan fingerprint density at radius 1 is 1.59 bits per heavy atom. The quantitative estimate of drug-likeness (QED) is 0.837. The average Bonchev–Trinajstić information content (AvgIpc) is 2.38. The Bertz CT molecular complexity index is 380. The van der Waals surface area contributed by atoms with Crippen LogP contribution in [0.1, 0.15) is 30.3 Å². The Morgan fingerprint density at radius 3 is 3.06 bits per heavy atom. The molecule has 1 aromatic heterocycles. The van der Waals surface area contributed by atoms with Crippen LogP contribution < -0.4 is 5.73 Å². The summed E-state index contributed by atoms with van der Waals surface area (Å²) in [5, 5.41) is 0. The zero-order chi connectivity index (χ0) is 12.3. The van der Waals surface area contributed by atoms with Crippen LogP contribution in [-0.4, -0.2) is 34.9 Å². The molecule has 0 spiro atoms. The summed E-state index contributed by atoms with van der Waals surface area (Å²) in [6.07, 6.45) is 3.85. The van der Waals surface area contributed by atoms with Gasteiger partial charge in [0.25, 0.3) is 5.91 Å². The minimum atomic E-state index is 0.00704. The molecular formula is C13H19N3O. The lowest BCUT2D eigenvalue weighted by Crippen LogP contribution is -2.51. The number of nitrogens with zero attached hydrogens (tertiary/aromatic N) is 2. The van der Waals surface area contributed by atoms with Gasteiger partial charge in [-0.2, -0.15) is 0 Å². The van der Waals surface area contributed by atoms with Crippen molar-refractivity contribution in [2.45, 2.75) is 25.8 Å². The molecule has 0 radical (unpaired) electrons. The second-order valence-corrected chi connectivity index (χ2v) is 4.64. The number of nitrogens with two attached hydrogens (primary N) is 1. The lowest BCUT2D eigenvalue weighted by atomic mass is 9.90. The summed E-state index contributed by atoms with van der Waals surface area (Å²) < 4.78 is 0. The lowest BCUT2D eigenvalue weighted by Gasteiger charge is -2.39. The molecule has 17 heavy (non-hydrogen) atoms. The zero-order valence-corrected chi connectivity index (χ0v) is 10.2. The van der Waals surface area contributed by atoms with E-state index in [0.29, 0.717) is 18.2 Å². The van der Waals surface area contributed by atoms with E-state index in [2.05, 4.69) is 11.9 Å². The molecule has 2 N–H and O–H groups in total. The third-order valence-electron chi connectivity index (χ3n) is 3.50.